The molecule has 0 rings (SSSR count). The molecule has 0 aromatic rings. The Morgan fingerprint density at radius 2 is 0.818 bits per heavy atom. The minimum atomic E-state index is -1.91. The number of rotatable bonds is 11. The molecule has 0 saturated carbocycles. The Bertz CT molecular complexity index is 300. The van der Waals surface area contributed by atoms with Crippen LogP contribution in [0.5, 0.6) is 0 Å². The van der Waals surface area contributed by atoms with Crippen LogP contribution < -0.4 is 0 Å². The quantitative estimate of drug-likeness (QED) is 0.501. The van der Waals surface area contributed by atoms with Crippen molar-refractivity contribution in [3.05, 3.63) is 0 Å². The lowest BCUT2D eigenvalue weighted by Crippen LogP contribution is -2.39. The summed E-state index contributed by atoms with van der Waals surface area (Å²) in [5.41, 5.74) is 0. The molecule has 0 heterocycles. The fraction of sp³-hybridized carbons (Fsp3) is 0.875. The summed E-state index contributed by atoms with van der Waals surface area (Å²) in [7, 11) is -3.83. The van der Waals surface area contributed by atoms with Gasteiger partial charge < -0.3 is 8.85 Å². The molecule has 0 aliphatic rings. The maximum absolute atomic E-state index is 12.0. The molecule has 0 radical (unpaired) electrons. The van der Waals surface area contributed by atoms with Crippen LogP contribution >= 0.6 is 0 Å². The zero-order valence-electron chi connectivity index (χ0n) is 15.3. The Labute approximate surface area is 138 Å². The molecule has 0 bridgehead atoms. The van der Waals surface area contributed by atoms with Gasteiger partial charge in [-0.3, -0.25) is 9.59 Å². The summed E-state index contributed by atoms with van der Waals surface area (Å²) >= 11 is 0. The van der Waals surface area contributed by atoms with E-state index in [0.29, 0.717) is 0 Å². The molecular weight excluding hydrogens is 312 g/mol. The molecule has 4 nitrogen and oxygen atoms in total. The average Bonchev–Trinajstić information content (AvgIpc) is 2.56. The summed E-state index contributed by atoms with van der Waals surface area (Å²) in [6, 6.07) is 5.63. The van der Waals surface area contributed by atoms with Crippen LogP contribution in [0.3, 0.4) is 0 Å². The van der Waals surface area contributed by atoms with Crippen molar-refractivity contribution < 1.29 is 18.4 Å². The van der Waals surface area contributed by atoms with E-state index in [2.05, 4.69) is 41.5 Å². The molecule has 6 heteroatoms. The lowest BCUT2D eigenvalue weighted by atomic mass is 10.3. The molecule has 0 aromatic carbocycles. The van der Waals surface area contributed by atoms with Gasteiger partial charge in [-0.2, -0.15) is 0 Å². The Morgan fingerprint density at radius 1 is 0.591 bits per heavy atom. The van der Waals surface area contributed by atoms with E-state index in [9.17, 15) is 9.59 Å². The van der Waals surface area contributed by atoms with Gasteiger partial charge in [0.05, 0.1) is 12.8 Å². The first kappa shape index (κ1) is 21.4. The average molecular weight is 347 g/mol. The summed E-state index contributed by atoms with van der Waals surface area (Å²) in [4.78, 5) is 24.1. The second-order valence-corrected chi connectivity index (χ2v) is 15.3. The van der Waals surface area contributed by atoms with Crippen LogP contribution in [0.4, 0.5) is 0 Å². The molecular formula is C16H34O4Si2. The Morgan fingerprint density at radius 3 is 1.00 bits per heavy atom. The maximum atomic E-state index is 12.0. The van der Waals surface area contributed by atoms with Crippen LogP contribution in [0, 0.1) is 0 Å². The van der Waals surface area contributed by atoms with E-state index in [1.807, 2.05) is 0 Å². The van der Waals surface area contributed by atoms with Crippen LogP contribution in [-0.4, -0.2) is 28.6 Å². The number of carbonyl (C=O) groups is 2. The summed E-state index contributed by atoms with van der Waals surface area (Å²) in [6.45, 7) is 12.5. The highest BCUT2D eigenvalue weighted by atomic mass is 28.4. The third-order valence-electron chi connectivity index (χ3n) is 5.06. The molecule has 0 aromatic heterocycles. The molecule has 0 spiro atoms. The maximum Gasteiger partial charge on any atom is 0.293 e. The van der Waals surface area contributed by atoms with Crippen LogP contribution in [0.15, 0.2) is 0 Å². The van der Waals surface area contributed by atoms with Crippen molar-refractivity contribution in [3.63, 3.8) is 0 Å². The van der Waals surface area contributed by atoms with Crippen molar-refractivity contribution in [1.82, 2.24) is 0 Å². The van der Waals surface area contributed by atoms with Gasteiger partial charge in [0, 0.05) is 0 Å². The van der Waals surface area contributed by atoms with E-state index in [-0.39, 0.29) is 24.8 Å². The fourth-order valence-corrected chi connectivity index (χ4v) is 7.76. The van der Waals surface area contributed by atoms with Crippen molar-refractivity contribution >= 4 is 28.6 Å². The predicted molar refractivity (Wildman–Crippen MR) is 95.8 cm³/mol. The van der Waals surface area contributed by atoms with Gasteiger partial charge >= 0.3 is 0 Å². The Kier molecular flexibility index (Phi) is 9.91. The Hall–Kier alpha value is -0.626. The van der Waals surface area contributed by atoms with Crippen molar-refractivity contribution in [1.29, 1.82) is 0 Å². The lowest BCUT2D eigenvalue weighted by Gasteiger charge is -2.28. The van der Waals surface area contributed by atoms with E-state index < -0.39 is 16.6 Å². The van der Waals surface area contributed by atoms with Crippen molar-refractivity contribution in [2.45, 2.75) is 90.6 Å². The summed E-state index contributed by atoms with van der Waals surface area (Å²) in [5, 5.41) is 0. The highest BCUT2D eigenvalue weighted by molar-refractivity contribution is 6.75. The standard InChI is InChI=1S/C16H34O4Si2/c1-7-21(8-2,9-3)19-15(17)13-14-16(18)20-22(10-4,11-5)12-6/h7-14H2,1-6H3. The molecule has 0 saturated heterocycles. The van der Waals surface area contributed by atoms with Gasteiger partial charge in [-0.15, -0.1) is 0 Å². The second kappa shape index (κ2) is 10.2. The first-order chi connectivity index (χ1) is 10.4. The summed E-state index contributed by atoms with van der Waals surface area (Å²) in [5.74, 6) is -0.461. The largest absolute Gasteiger partial charge is 0.519 e. The van der Waals surface area contributed by atoms with Crippen molar-refractivity contribution in [3.8, 4) is 0 Å². The topological polar surface area (TPSA) is 52.6 Å². The smallest absolute Gasteiger partial charge is 0.293 e. The SMILES string of the molecule is CC[Si](CC)(CC)OC(=O)CCC(=O)O[Si](CC)(CC)CC. The predicted octanol–water partition coefficient (Wildman–Crippen LogP) is 4.86. The zero-order chi connectivity index (χ0) is 17.2. The first-order valence-corrected chi connectivity index (χ1v) is 13.9. The molecule has 130 valence electrons. The molecule has 0 fully saturated rings. The normalized spacial score (nSPS) is 12.1. The number of hydrogen-bond donors (Lipinski definition) is 0. The Balaban J connectivity index is 4.44. The third kappa shape index (κ3) is 6.24. The third-order valence-corrected chi connectivity index (χ3v) is 14.1. The van der Waals surface area contributed by atoms with Gasteiger partial charge in [0.25, 0.3) is 28.6 Å². The molecule has 0 atom stereocenters. The highest BCUT2D eigenvalue weighted by Crippen LogP contribution is 2.24. The molecule has 22 heavy (non-hydrogen) atoms. The molecule has 0 amide bonds. The monoisotopic (exact) mass is 346 g/mol. The summed E-state index contributed by atoms with van der Waals surface area (Å²) in [6.07, 6.45) is 0.296. The fourth-order valence-electron chi connectivity index (χ4n) is 2.72. The highest BCUT2D eigenvalue weighted by Gasteiger charge is 2.34. The van der Waals surface area contributed by atoms with Gasteiger partial charge in [-0.25, -0.2) is 0 Å². The van der Waals surface area contributed by atoms with E-state index in [1.54, 1.807) is 0 Å². The van der Waals surface area contributed by atoms with Crippen molar-refractivity contribution in [2.75, 3.05) is 0 Å². The molecule has 0 aliphatic heterocycles. The van der Waals surface area contributed by atoms with Crippen LogP contribution in [-0.2, 0) is 18.4 Å². The van der Waals surface area contributed by atoms with E-state index in [4.69, 9.17) is 8.85 Å². The van der Waals surface area contributed by atoms with Crippen LogP contribution in [0.2, 0.25) is 36.3 Å². The minimum Gasteiger partial charge on any atom is -0.519 e. The zero-order valence-corrected chi connectivity index (χ0v) is 17.3. The van der Waals surface area contributed by atoms with Gasteiger partial charge in [0.15, 0.2) is 0 Å². The van der Waals surface area contributed by atoms with E-state index in [1.165, 1.54) is 0 Å². The minimum absolute atomic E-state index is 0.148. The van der Waals surface area contributed by atoms with Crippen LogP contribution in [0.25, 0.3) is 0 Å². The first-order valence-electron chi connectivity index (χ1n) is 8.80. The van der Waals surface area contributed by atoms with E-state index in [0.717, 1.165) is 36.3 Å². The molecule has 0 aliphatic carbocycles. The number of hydrogen-bond acceptors (Lipinski definition) is 4. The second-order valence-electron chi connectivity index (χ2n) is 5.94. The van der Waals surface area contributed by atoms with E-state index >= 15 is 0 Å². The van der Waals surface area contributed by atoms with Gasteiger partial charge in [-0.05, 0) is 36.3 Å². The lowest BCUT2D eigenvalue weighted by molar-refractivity contribution is -0.141. The molecule has 0 unspecified atom stereocenters. The van der Waals surface area contributed by atoms with Gasteiger partial charge in [0.2, 0.25) is 0 Å². The van der Waals surface area contributed by atoms with Crippen molar-refractivity contribution in [2.24, 2.45) is 0 Å². The number of carbonyl (C=O) groups excluding carboxylic acids is 2. The van der Waals surface area contributed by atoms with Gasteiger partial charge in [0.1, 0.15) is 0 Å². The van der Waals surface area contributed by atoms with Crippen LogP contribution in [0.1, 0.15) is 54.4 Å². The summed E-state index contributed by atoms with van der Waals surface area (Å²) < 4.78 is 11.5. The van der Waals surface area contributed by atoms with Gasteiger partial charge in [-0.1, -0.05) is 41.5 Å². The molecule has 0 N–H and O–H groups in total.